The zero-order valence-corrected chi connectivity index (χ0v) is 14.2. The van der Waals surface area contributed by atoms with Crippen molar-refractivity contribution in [1.82, 2.24) is 5.32 Å². The Morgan fingerprint density at radius 1 is 1.09 bits per heavy atom. The number of fused-ring (bicyclic) bond motifs is 1. The molecule has 2 aliphatic rings. The maximum absolute atomic E-state index is 12.3. The van der Waals surface area contributed by atoms with Crippen LogP contribution in [0.5, 0.6) is 11.5 Å². The van der Waals surface area contributed by atoms with Crippen molar-refractivity contribution in [3.05, 3.63) is 23.3 Å². The molecule has 1 aromatic rings. The van der Waals surface area contributed by atoms with Gasteiger partial charge in [0.05, 0.1) is 14.2 Å². The minimum atomic E-state index is 0.232. The van der Waals surface area contributed by atoms with E-state index in [0.717, 1.165) is 43.7 Å². The van der Waals surface area contributed by atoms with E-state index < -0.39 is 0 Å². The van der Waals surface area contributed by atoms with Crippen LogP contribution in [0, 0.1) is 5.92 Å². The standard InChI is InChI=1S/C19H27NO3/c1-22-17-10-14-8-9-15(16(14)11-18(17)23-2)12-20-19(21)13-6-4-3-5-7-13/h10-11,13,15H,3-9,12H2,1-2H3,(H,20,21). The van der Waals surface area contributed by atoms with E-state index in [0.29, 0.717) is 5.92 Å². The number of benzene rings is 1. The molecule has 0 spiro atoms. The highest BCUT2D eigenvalue weighted by Gasteiger charge is 2.27. The Kier molecular flexibility index (Phi) is 5.09. The topological polar surface area (TPSA) is 47.6 Å². The third-order valence-electron chi connectivity index (χ3n) is 5.35. The number of rotatable bonds is 5. The highest BCUT2D eigenvalue weighted by atomic mass is 16.5. The highest BCUT2D eigenvalue weighted by Crippen LogP contribution is 2.40. The van der Waals surface area contributed by atoms with Gasteiger partial charge in [-0.15, -0.1) is 0 Å². The molecule has 0 bridgehead atoms. The molecule has 1 fully saturated rings. The van der Waals surface area contributed by atoms with Gasteiger partial charge in [-0.1, -0.05) is 19.3 Å². The van der Waals surface area contributed by atoms with Crippen LogP contribution in [0.4, 0.5) is 0 Å². The van der Waals surface area contributed by atoms with Gasteiger partial charge in [0.15, 0.2) is 11.5 Å². The summed E-state index contributed by atoms with van der Waals surface area (Å²) in [6, 6.07) is 4.16. The zero-order valence-electron chi connectivity index (χ0n) is 14.2. The number of amides is 1. The van der Waals surface area contributed by atoms with E-state index in [-0.39, 0.29) is 11.8 Å². The van der Waals surface area contributed by atoms with E-state index in [9.17, 15) is 4.79 Å². The molecular weight excluding hydrogens is 290 g/mol. The van der Waals surface area contributed by atoms with Gasteiger partial charge in [-0.25, -0.2) is 0 Å². The molecule has 4 nitrogen and oxygen atoms in total. The molecule has 0 radical (unpaired) electrons. The Labute approximate surface area is 138 Å². The molecule has 1 atom stereocenters. The van der Waals surface area contributed by atoms with Crippen molar-refractivity contribution in [1.29, 1.82) is 0 Å². The molecular formula is C19H27NO3. The molecule has 0 aliphatic heterocycles. The van der Waals surface area contributed by atoms with Crippen LogP contribution in [0.1, 0.15) is 55.6 Å². The zero-order chi connectivity index (χ0) is 16.2. The summed E-state index contributed by atoms with van der Waals surface area (Å²) in [4.78, 5) is 12.3. The van der Waals surface area contributed by atoms with Crippen LogP contribution in [0.3, 0.4) is 0 Å². The minimum absolute atomic E-state index is 0.232. The van der Waals surface area contributed by atoms with Gasteiger partial charge in [0, 0.05) is 18.4 Å². The van der Waals surface area contributed by atoms with Crippen LogP contribution in [0.2, 0.25) is 0 Å². The molecule has 1 N–H and O–H groups in total. The number of carbonyl (C=O) groups excluding carboxylic acids is 1. The Balaban J connectivity index is 1.64. The summed E-state index contributed by atoms with van der Waals surface area (Å²) in [7, 11) is 3.33. The highest BCUT2D eigenvalue weighted by molar-refractivity contribution is 5.78. The third-order valence-corrected chi connectivity index (χ3v) is 5.35. The van der Waals surface area contributed by atoms with Gasteiger partial charge in [0.1, 0.15) is 0 Å². The van der Waals surface area contributed by atoms with Crippen molar-refractivity contribution >= 4 is 5.91 Å². The fraction of sp³-hybridized carbons (Fsp3) is 0.632. The first kappa shape index (κ1) is 16.2. The first-order chi connectivity index (χ1) is 11.2. The van der Waals surface area contributed by atoms with Crippen molar-refractivity contribution in [2.24, 2.45) is 5.92 Å². The average molecular weight is 317 g/mol. The predicted molar refractivity (Wildman–Crippen MR) is 90.2 cm³/mol. The summed E-state index contributed by atoms with van der Waals surface area (Å²) in [5.74, 6) is 2.43. The summed E-state index contributed by atoms with van der Waals surface area (Å²) in [5.41, 5.74) is 2.62. The lowest BCUT2D eigenvalue weighted by Crippen LogP contribution is -2.34. The fourth-order valence-corrected chi connectivity index (χ4v) is 3.96. The first-order valence-corrected chi connectivity index (χ1v) is 8.75. The Bertz CT molecular complexity index is 564. The predicted octanol–water partition coefficient (Wildman–Crippen LogP) is 3.43. The van der Waals surface area contributed by atoms with Crippen LogP contribution < -0.4 is 14.8 Å². The molecule has 1 amide bonds. The summed E-state index contributed by atoms with van der Waals surface area (Å²) in [6.07, 6.45) is 7.90. The molecule has 126 valence electrons. The normalized spacial score (nSPS) is 20.9. The van der Waals surface area contributed by atoms with Gasteiger partial charge >= 0.3 is 0 Å². The number of methoxy groups -OCH3 is 2. The second kappa shape index (κ2) is 7.24. The van der Waals surface area contributed by atoms with Crippen LogP contribution >= 0.6 is 0 Å². The van der Waals surface area contributed by atoms with Gasteiger partial charge in [-0.2, -0.15) is 0 Å². The van der Waals surface area contributed by atoms with Crippen molar-refractivity contribution in [2.75, 3.05) is 20.8 Å². The maximum Gasteiger partial charge on any atom is 0.223 e. The fourth-order valence-electron chi connectivity index (χ4n) is 3.96. The lowest BCUT2D eigenvalue weighted by Gasteiger charge is -2.22. The quantitative estimate of drug-likeness (QED) is 0.905. The van der Waals surface area contributed by atoms with Crippen LogP contribution in [0.15, 0.2) is 12.1 Å². The van der Waals surface area contributed by atoms with Crippen LogP contribution in [-0.2, 0) is 11.2 Å². The molecule has 0 heterocycles. The Morgan fingerprint density at radius 3 is 2.48 bits per heavy atom. The number of carbonyl (C=O) groups is 1. The van der Waals surface area contributed by atoms with E-state index in [2.05, 4.69) is 17.4 Å². The molecule has 0 saturated heterocycles. The lowest BCUT2D eigenvalue weighted by atomic mass is 9.88. The number of nitrogens with one attached hydrogen (secondary N) is 1. The van der Waals surface area contributed by atoms with Gasteiger partial charge < -0.3 is 14.8 Å². The summed E-state index contributed by atoms with van der Waals surface area (Å²) < 4.78 is 10.8. The SMILES string of the molecule is COc1cc2c(cc1OC)C(CNC(=O)C1CCCCC1)CC2. The number of hydrogen-bond acceptors (Lipinski definition) is 3. The molecule has 1 saturated carbocycles. The molecule has 1 aromatic carbocycles. The van der Waals surface area contributed by atoms with Crippen molar-refractivity contribution < 1.29 is 14.3 Å². The summed E-state index contributed by atoms with van der Waals surface area (Å²) >= 11 is 0. The number of ether oxygens (including phenoxy) is 2. The second-order valence-electron chi connectivity index (χ2n) is 6.72. The minimum Gasteiger partial charge on any atom is -0.493 e. The van der Waals surface area contributed by atoms with Crippen molar-refractivity contribution in [3.8, 4) is 11.5 Å². The summed E-state index contributed by atoms with van der Waals surface area (Å²) in [5, 5.41) is 3.19. The van der Waals surface area contributed by atoms with Gasteiger partial charge in [-0.05, 0) is 48.9 Å². The molecule has 4 heteroatoms. The molecule has 0 aromatic heterocycles. The van der Waals surface area contributed by atoms with Gasteiger partial charge in [0.2, 0.25) is 5.91 Å². The average Bonchev–Trinajstić information content (AvgIpc) is 3.01. The molecule has 1 unspecified atom stereocenters. The number of hydrogen-bond donors (Lipinski definition) is 1. The van der Waals surface area contributed by atoms with E-state index in [1.165, 1.54) is 30.4 Å². The van der Waals surface area contributed by atoms with Crippen LogP contribution in [0.25, 0.3) is 0 Å². The first-order valence-electron chi connectivity index (χ1n) is 8.75. The van der Waals surface area contributed by atoms with E-state index in [4.69, 9.17) is 9.47 Å². The maximum atomic E-state index is 12.3. The van der Waals surface area contributed by atoms with Gasteiger partial charge in [0.25, 0.3) is 0 Å². The Morgan fingerprint density at radius 2 is 1.78 bits per heavy atom. The van der Waals surface area contributed by atoms with Crippen LogP contribution in [-0.4, -0.2) is 26.7 Å². The van der Waals surface area contributed by atoms with Crippen molar-refractivity contribution in [3.63, 3.8) is 0 Å². The second-order valence-corrected chi connectivity index (χ2v) is 6.72. The molecule has 3 rings (SSSR count). The largest absolute Gasteiger partial charge is 0.493 e. The summed E-state index contributed by atoms with van der Waals surface area (Å²) in [6.45, 7) is 0.734. The smallest absolute Gasteiger partial charge is 0.223 e. The van der Waals surface area contributed by atoms with E-state index >= 15 is 0 Å². The molecule has 2 aliphatic carbocycles. The van der Waals surface area contributed by atoms with Crippen molar-refractivity contribution in [2.45, 2.75) is 50.9 Å². The van der Waals surface area contributed by atoms with Gasteiger partial charge in [-0.3, -0.25) is 4.79 Å². The van der Waals surface area contributed by atoms with E-state index in [1.54, 1.807) is 14.2 Å². The Hall–Kier alpha value is -1.71. The number of aryl methyl sites for hydroxylation is 1. The molecule has 23 heavy (non-hydrogen) atoms. The lowest BCUT2D eigenvalue weighted by molar-refractivity contribution is -0.125. The van der Waals surface area contributed by atoms with E-state index in [1.807, 2.05) is 0 Å². The third kappa shape index (κ3) is 3.46. The monoisotopic (exact) mass is 317 g/mol.